The van der Waals surface area contributed by atoms with Crippen LogP contribution in [0.1, 0.15) is 33.3 Å². The van der Waals surface area contributed by atoms with Gasteiger partial charge in [-0.25, -0.2) is 9.07 Å². The molecule has 0 bridgehead atoms. The molecule has 11 heteroatoms. The topological polar surface area (TPSA) is 94.0 Å². The van der Waals surface area contributed by atoms with Crippen LogP contribution in [-0.4, -0.2) is 38.8 Å². The van der Waals surface area contributed by atoms with Crippen molar-refractivity contribution < 1.29 is 27.5 Å². The highest BCUT2D eigenvalue weighted by Crippen LogP contribution is 2.39. The van der Waals surface area contributed by atoms with Crippen molar-refractivity contribution in [2.75, 3.05) is 6.61 Å². The van der Waals surface area contributed by atoms with E-state index in [0.29, 0.717) is 16.0 Å². The van der Waals surface area contributed by atoms with Gasteiger partial charge in [-0.1, -0.05) is 29.5 Å². The number of carbonyl (C=O) groups is 1. The molecule has 0 aliphatic carbocycles. The fraction of sp³-hybridized carbons (Fsp3) is 0.227. The van der Waals surface area contributed by atoms with Gasteiger partial charge in [0.05, 0.1) is 12.2 Å². The molecule has 0 aliphatic rings. The van der Waals surface area contributed by atoms with Gasteiger partial charge in [0.2, 0.25) is 0 Å². The summed E-state index contributed by atoms with van der Waals surface area (Å²) < 4.78 is 55.1. The molecule has 0 saturated heterocycles. The zero-order chi connectivity index (χ0) is 23.8. The summed E-state index contributed by atoms with van der Waals surface area (Å²) in [4.78, 5) is 12.4. The predicted octanol–water partition coefficient (Wildman–Crippen LogP) is 4.47. The van der Waals surface area contributed by atoms with Crippen molar-refractivity contribution in [3.63, 3.8) is 0 Å². The Hall–Kier alpha value is -3.31. The maximum absolute atomic E-state index is 13.3. The van der Waals surface area contributed by atoms with Gasteiger partial charge in [-0.3, -0.25) is 4.79 Å². The zero-order valence-corrected chi connectivity index (χ0v) is 17.8. The number of nitrogens with two attached hydrogens (primary N) is 1. The molecule has 1 amide bonds. The molecule has 0 saturated carbocycles. The van der Waals surface area contributed by atoms with E-state index in [1.54, 1.807) is 30.3 Å². The number of hydrogen-bond acceptors (Lipinski definition) is 5. The SMILES string of the molecule is NC(=O)c1sc2cc(Cn3cc(C(CCO)C(F)(F)F)nn3)ccc2c1-c1ccc(F)cc1. The Morgan fingerprint density at radius 1 is 1.18 bits per heavy atom. The first-order chi connectivity index (χ1) is 15.7. The summed E-state index contributed by atoms with van der Waals surface area (Å²) >= 11 is 1.19. The third kappa shape index (κ3) is 4.74. The predicted molar refractivity (Wildman–Crippen MR) is 115 cm³/mol. The molecule has 1 atom stereocenters. The first kappa shape index (κ1) is 22.9. The molecule has 6 nitrogen and oxygen atoms in total. The third-order valence-electron chi connectivity index (χ3n) is 5.18. The van der Waals surface area contributed by atoms with E-state index in [9.17, 15) is 22.4 Å². The number of rotatable bonds is 7. The van der Waals surface area contributed by atoms with E-state index in [2.05, 4.69) is 10.3 Å². The van der Waals surface area contributed by atoms with Gasteiger partial charge in [0.1, 0.15) is 16.6 Å². The Balaban J connectivity index is 1.66. The lowest BCUT2D eigenvalue weighted by molar-refractivity contribution is -0.154. The quantitative estimate of drug-likeness (QED) is 0.383. The molecule has 0 spiro atoms. The number of halogens is 4. The number of alkyl halides is 3. The molecule has 0 radical (unpaired) electrons. The van der Waals surface area contributed by atoms with E-state index in [4.69, 9.17) is 10.8 Å². The molecule has 172 valence electrons. The van der Waals surface area contributed by atoms with Crippen LogP contribution in [0, 0.1) is 5.82 Å². The maximum atomic E-state index is 13.3. The van der Waals surface area contributed by atoms with Crippen molar-refractivity contribution in [2.24, 2.45) is 5.73 Å². The largest absolute Gasteiger partial charge is 0.397 e. The Bertz CT molecular complexity index is 1300. The Labute approximate surface area is 189 Å². The number of carbonyl (C=O) groups excluding carboxylic acids is 1. The molecule has 33 heavy (non-hydrogen) atoms. The number of aliphatic hydroxyl groups excluding tert-OH is 1. The summed E-state index contributed by atoms with van der Waals surface area (Å²) in [6.07, 6.45) is -3.82. The van der Waals surface area contributed by atoms with Crippen LogP contribution >= 0.6 is 11.3 Å². The second-order valence-electron chi connectivity index (χ2n) is 7.46. The maximum Gasteiger partial charge on any atom is 0.397 e. The lowest BCUT2D eigenvalue weighted by Crippen LogP contribution is -2.22. The number of fused-ring (bicyclic) bond motifs is 1. The number of nitrogens with zero attached hydrogens (tertiary/aromatic N) is 3. The zero-order valence-electron chi connectivity index (χ0n) is 17.0. The minimum atomic E-state index is -4.54. The molecule has 2 aromatic carbocycles. The van der Waals surface area contributed by atoms with Crippen LogP contribution in [-0.2, 0) is 6.54 Å². The molecule has 1 unspecified atom stereocenters. The molecule has 0 aliphatic heterocycles. The number of aromatic nitrogens is 3. The van der Waals surface area contributed by atoms with Gasteiger partial charge in [0.25, 0.3) is 5.91 Å². The van der Waals surface area contributed by atoms with Crippen LogP contribution in [0.25, 0.3) is 21.2 Å². The molecule has 3 N–H and O–H groups in total. The number of aliphatic hydroxyl groups is 1. The number of amides is 1. The smallest absolute Gasteiger partial charge is 0.396 e. The Morgan fingerprint density at radius 3 is 2.55 bits per heavy atom. The molecule has 0 fully saturated rings. The van der Waals surface area contributed by atoms with Crippen molar-refractivity contribution >= 4 is 27.3 Å². The number of hydrogen-bond donors (Lipinski definition) is 2. The van der Waals surface area contributed by atoms with Gasteiger partial charge in [-0.2, -0.15) is 13.2 Å². The van der Waals surface area contributed by atoms with Gasteiger partial charge < -0.3 is 10.8 Å². The summed E-state index contributed by atoms with van der Waals surface area (Å²) in [6.45, 7) is -0.465. The van der Waals surface area contributed by atoms with Gasteiger partial charge in [-0.15, -0.1) is 16.4 Å². The van der Waals surface area contributed by atoms with Crippen molar-refractivity contribution in [3.05, 3.63) is 70.6 Å². The van der Waals surface area contributed by atoms with Crippen LogP contribution in [0.3, 0.4) is 0 Å². The lowest BCUT2D eigenvalue weighted by atomic mass is 10.0. The molecule has 2 heterocycles. The van der Waals surface area contributed by atoms with E-state index in [0.717, 1.165) is 15.6 Å². The average Bonchev–Trinajstić information content (AvgIpc) is 3.36. The molecular formula is C22H18F4N4O2S. The average molecular weight is 478 g/mol. The molecular weight excluding hydrogens is 460 g/mol. The fourth-order valence-electron chi connectivity index (χ4n) is 3.66. The second kappa shape index (κ2) is 8.91. The number of thiophene rings is 1. The highest BCUT2D eigenvalue weighted by molar-refractivity contribution is 7.21. The van der Waals surface area contributed by atoms with E-state index < -0.39 is 36.8 Å². The first-order valence-electron chi connectivity index (χ1n) is 9.86. The third-order valence-corrected chi connectivity index (χ3v) is 6.35. The van der Waals surface area contributed by atoms with Crippen LogP contribution in [0.15, 0.2) is 48.7 Å². The number of benzene rings is 2. The lowest BCUT2D eigenvalue weighted by Gasteiger charge is -2.16. The van der Waals surface area contributed by atoms with Crippen LogP contribution in [0.2, 0.25) is 0 Å². The van der Waals surface area contributed by atoms with Crippen molar-refractivity contribution in [3.8, 4) is 11.1 Å². The summed E-state index contributed by atoms with van der Waals surface area (Å²) in [5.41, 5.74) is 7.28. The summed E-state index contributed by atoms with van der Waals surface area (Å²) in [5.74, 6) is -2.91. The second-order valence-corrected chi connectivity index (χ2v) is 8.51. The fourth-order valence-corrected chi connectivity index (χ4v) is 4.80. The van der Waals surface area contributed by atoms with E-state index in [1.165, 1.54) is 34.3 Å². The van der Waals surface area contributed by atoms with Crippen molar-refractivity contribution in [1.82, 2.24) is 15.0 Å². The standard InChI is InChI=1S/C22H18F4N4O2S/c23-14-4-2-13(3-5-14)19-15-6-1-12(9-18(15)33-20(19)21(27)32)10-30-11-17(28-29-30)16(7-8-31)22(24,25)26/h1-6,9,11,16,31H,7-8,10H2,(H2,27,32). The highest BCUT2D eigenvalue weighted by Gasteiger charge is 2.42. The molecule has 4 aromatic rings. The van der Waals surface area contributed by atoms with Crippen molar-refractivity contribution in [1.29, 1.82) is 0 Å². The monoisotopic (exact) mass is 478 g/mol. The Morgan fingerprint density at radius 2 is 1.91 bits per heavy atom. The van der Waals surface area contributed by atoms with Crippen LogP contribution in [0.5, 0.6) is 0 Å². The van der Waals surface area contributed by atoms with E-state index in [-0.39, 0.29) is 12.2 Å². The first-order valence-corrected chi connectivity index (χ1v) is 10.7. The van der Waals surface area contributed by atoms with Crippen LogP contribution in [0.4, 0.5) is 17.6 Å². The summed E-state index contributed by atoms with van der Waals surface area (Å²) in [6, 6.07) is 11.1. The minimum Gasteiger partial charge on any atom is -0.396 e. The van der Waals surface area contributed by atoms with Gasteiger partial charge >= 0.3 is 6.18 Å². The van der Waals surface area contributed by atoms with Gasteiger partial charge in [0.15, 0.2) is 0 Å². The highest BCUT2D eigenvalue weighted by atomic mass is 32.1. The van der Waals surface area contributed by atoms with Gasteiger partial charge in [-0.05, 0) is 35.7 Å². The van der Waals surface area contributed by atoms with Crippen molar-refractivity contribution in [2.45, 2.75) is 25.1 Å². The molecule has 2 aromatic heterocycles. The molecule has 4 rings (SSSR count). The summed E-state index contributed by atoms with van der Waals surface area (Å²) in [7, 11) is 0. The van der Waals surface area contributed by atoms with E-state index >= 15 is 0 Å². The normalized spacial score (nSPS) is 12.9. The van der Waals surface area contributed by atoms with E-state index in [1.807, 2.05) is 0 Å². The number of primary amides is 1. The van der Waals surface area contributed by atoms with Gasteiger partial charge in [0, 0.05) is 28.5 Å². The Kier molecular flexibility index (Phi) is 6.17. The summed E-state index contributed by atoms with van der Waals surface area (Å²) in [5, 5.41) is 17.1. The minimum absolute atomic E-state index is 0.155. The van der Waals surface area contributed by atoms with Crippen LogP contribution < -0.4 is 5.73 Å².